The second-order valence-corrected chi connectivity index (χ2v) is 6.81. The van der Waals surface area contributed by atoms with Crippen LogP contribution >= 0.6 is 11.3 Å². The minimum absolute atomic E-state index is 0.641. The molecule has 3 nitrogen and oxygen atoms in total. The van der Waals surface area contributed by atoms with Gasteiger partial charge < -0.3 is 5.11 Å². The molecule has 0 bridgehead atoms. The Hall–Kier alpha value is -1.42. The molecule has 1 N–H and O–H groups in total. The molecule has 4 rings (SSSR count). The van der Waals surface area contributed by atoms with Gasteiger partial charge in [-0.15, -0.1) is 11.3 Å². The Morgan fingerprint density at radius 3 is 2.74 bits per heavy atom. The number of rotatable bonds is 3. The number of hydrogen-bond donors (Lipinski definition) is 1. The lowest BCUT2D eigenvalue weighted by molar-refractivity contribution is -0.147. The number of aliphatic carboxylic acids is 1. The van der Waals surface area contributed by atoms with Gasteiger partial charge in [0, 0.05) is 5.92 Å². The van der Waals surface area contributed by atoms with Crippen LogP contribution < -0.4 is 0 Å². The van der Waals surface area contributed by atoms with Gasteiger partial charge in [0.2, 0.25) is 0 Å². The number of nitrogens with zero attached hydrogens (tertiary/aromatic N) is 1. The summed E-state index contributed by atoms with van der Waals surface area (Å²) in [6.45, 7) is 0. The van der Waals surface area contributed by atoms with Crippen molar-refractivity contribution in [3.8, 4) is 0 Å². The molecule has 0 radical (unpaired) electrons. The van der Waals surface area contributed by atoms with Gasteiger partial charge >= 0.3 is 5.97 Å². The van der Waals surface area contributed by atoms with E-state index >= 15 is 0 Å². The van der Waals surface area contributed by atoms with Crippen LogP contribution in [0.15, 0.2) is 18.2 Å². The molecule has 2 aliphatic carbocycles. The van der Waals surface area contributed by atoms with Crippen molar-refractivity contribution in [2.24, 2.45) is 0 Å². The highest BCUT2D eigenvalue weighted by Crippen LogP contribution is 2.46. The molecule has 1 aromatic carbocycles. The zero-order chi connectivity index (χ0) is 13.0. The van der Waals surface area contributed by atoms with Gasteiger partial charge in [0.15, 0.2) is 0 Å². The van der Waals surface area contributed by atoms with Gasteiger partial charge in [-0.2, -0.15) is 0 Å². The molecular weight excluding hydrogens is 258 g/mol. The Balaban J connectivity index is 1.80. The standard InChI is InChI=1S/C15H15NO2S/c17-14(18)15(6-1-7-15)10-4-5-12-11(8-10)16-13(19-12)9-2-3-9/h4-5,8-9H,1-3,6-7H2,(H,17,18). The van der Waals surface area contributed by atoms with Gasteiger partial charge in [-0.1, -0.05) is 12.5 Å². The van der Waals surface area contributed by atoms with Gasteiger partial charge in [0.1, 0.15) is 0 Å². The molecule has 1 heterocycles. The fourth-order valence-electron chi connectivity index (χ4n) is 2.90. The topological polar surface area (TPSA) is 50.2 Å². The fraction of sp³-hybridized carbons (Fsp3) is 0.467. The molecule has 0 amide bonds. The summed E-state index contributed by atoms with van der Waals surface area (Å²) in [5.74, 6) is -0.0197. The first-order valence-corrected chi connectivity index (χ1v) is 7.65. The smallest absolute Gasteiger partial charge is 0.314 e. The largest absolute Gasteiger partial charge is 0.481 e. The number of fused-ring (bicyclic) bond motifs is 1. The molecule has 1 aromatic heterocycles. The van der Waals surface area contributed by atoms with Crippen LogP contribution in [0.3, 0.4) is 0 Å². The van der Waals surface area contributed by atoms with E-state index in [4.69, 9.17) is 4.98 Å². The average molecular weight is 273 g/mol. The maximum absolute atomic E-state index is 11.5. The predicted octanol–water partition coefficient (Wildman–Crippen LogP) is 3.68. The van der Waals surface area contributed by atoms with E-state index in [-0.39, 0.29) is 0 Å². The minimum Gasteiger partial charge on any atom is -0.481 e. The van der Waals surface area contributed by atoms with E-state index < -0.39 is 11.4 Å². The Kier molecular flexibility index (Phi) is 2.28. The number of aromatic nitrogens is 1. The first-order chi connectivity index (χ1) is 9.19. The van der Waals surface area contributed by atoms with Crippen LogP contribution in [0.4, 0.5) is 0 Å². The zero-order valence-corrected chi connectivity index (χ0v) is 11.4. The van der Waals surface area contributed by atoms with Crippen molar-refractivity contribution in [1.82, 2.24) is 4.98 Å². The predicted molar refractivity (Wildman–Crippen MR) is 74.8 cm³/mol. The van der Waals surface area contributed by atoms with E-state index in [9.17, 15) is 9.90 Å². The number of thiazole rings is 1. The number of hydrogen-bond acceptors (Lipinski definition) is 3. The molecule has 19 heavy (non-hydrogen) atoms. The summed E-state index contributed by atoms with van der Waals surface area (Å²) < 4.78 is 1.19. The van der Waals surface area contributed by atoms with E-state index in [0.29, 0.717) is 5.92 Å². The molecule has 98 valence electrons. The molecule has 0 saturated heterocycles. The first-order valence-electron chi connectivity index (χ1n) is 6.83. The van der Waals surface area contributed by atoms with Crippen molar-refractivity contribution < 1.29 is 9.90 Å². The van der Waals surface area contributed by atoms with E-state index in [0.717, 1.165) is 30.3 Å². The average Bonchev–Trinajstić information content (AvgIpc) is 3.07. The van der Waals surface area contributed by atoms with Gasteiger partial charge in [-0.25, -0.2) is 4.98 Å². The highest BCUT2D eigenvalue weighted by Gasteiger charge is 2.46. The minimum atomic E-state index is -0.684. The van der Waals surface area contributed by atoms with E-state index in [1.54, 1.807) is 11.3 Å². The summed E-state index contributed by atoms with van der Waals surface area (Å²) in [7, 11) is 0. The Labute approximate surface area is 115 Å². The molecule has 2 aromatic rings. The number of carboxylic acid groups (broad SMARTS) is 1. The summed E-state index contributed by atoms with van der Waals surface area (Å²) in [4.78, 5) is 16.2. The van der Waals surface area contributed by atoms with Crippen LogP contribution in [0.1, 0.15) is 48.6 Å². The second kappa shape index (κ2) is 3.79. The van der Waals surface area contributed by atoms with Crippen molar-refractivity contribution in [2.75, 3.05) is 0 Å². The van der Waals surface area contributed by atoms with Crippen LogP contribution in [0, 0.1) is 0 Å². The molecule has 2 fully saturated rings. The molecule has 2 aliphatic rings. The van der Waals surface area contributed by atoms with E-state index in [1.807, 2.05) is 12.1 Å². The van der Waals surface area contributed by atoms with Crippen LogP contribution in [0.25, 0.3) is 10.2 Å². The summed E-state index contributed by atoms with van der Waals surface area (Å²) in [6.07, 6.45) is 5.03. The number of carboxylic acids is 1. The summed E-state index contributed by atoms with van der Waals surface area (Å²) in [5, 5.41) is 10.7. The zero-order valence-electron chi connectivity index (χ0n) is 10.6. The third-order valence-corrected chi connectivity index (χ3v) is 5.70. The monoisotopic (exact) mass is 273 g/mol. The lowest BCUT2D eigenvalue weighted by Crippen LogP contribution is -2.42. The van der Waals surface area contributed by atoms with Crippen LogP contribution in [0.5, 0.6) is 0 Å². The molecule has 0 unspecified atom stereocenters. The Morgan fingerprint density at radius 2 is 2.16 bits per heavy atom. The lowest BCUT2D eigenvalue weighted by Gasteiger charge is -2.38. The quantitative estimate of drug-likeness (QED) is 0.928. The summed E-state index contributed by atoms with van der Waals surface area (Å²) >= 11 is 1.76. The fourth-order valence-corrected chi connectivity index (χ4v) is 4.02. The summed E-state index contributed by atoms with van der Waals surface area (Å²) in [5.41, 5.74) is 1.28. The maximum atomic E-state index is 11.5. The SMILES string of the molecule is O=C(O)C1(c2ccc3sc(C4CC4)nc3c2)CCC1. The normalized spacial score (nSPS) is 21.3. The van der Waals surface area contributed by atoms with Gasteiger partial charge in [-0.05, 0) is 43.4 Å². The van der Waals surface area contributed by atoms with E-state index in [2.05, 4.69) is 6.07 Å². The van der Waals surface area contributed by atoms with Gasteiger partial charge in [0.25, 0.3) is 0 Å². The molecule has 4 heteroatoms. The molecule has 2 saturated carbocycles. The van der Waals surface area contributed by atoms with Crippen molar-refractivity contribution in [3.63, 3.8) is 0 Å². The molecule has 0 atom stereocenters. The second-order valence-electron chi connectivity index (χ2n) is 5.75. The lowest BCUT2D eigenvalue weighted by atomic mass is 9.64. The Bertz CT molecular complexity index is 668. The Morgan fingerprint density at radius 1 is 1.37 bits per heavy atom. The van der Waals surface area contributed by atoms with Crippen molar-refractivity contribution in [1.29, 1.82) is 0 Å². The van der Waals surface area contributed by atoms with Crippen molar-refractivity contribution in [3.05, 3.63) is 28.8 Å². The highest BCUT2D eigenvalue weighted by atomic mass is 32.1. The number of benzene rings is 1. The van der Waals surface area contributed by atoms with Crippen LogP contribution in [-0.2, 0) is 10.2 Å². The molecule has 0 spiro atoms. The maximum Gasteiger partial charge on any atom is 0.314 e. The highest BCUT2D eigenvalue weighted by molar-refractivity contribution is 7.18. The van der Waals surface area contributed by atoms with Crippen molar-refractivity contribution in [2.45, 2.75) is 43.4 Å². The first kappa shape index (κ1) is 11.4. The number of carbonyl (C=O) groups is 1. The van der Waals surface area contributed by atoms with Gasteiger partial charge in [-0.3, -0.25) is 4.79 Å². The molecular formula is C15H15NO2S. The third kappa shape index (κ3) is 1.62. The van der Waals surface area contributed by atoms with E-state index in [1.165, 1.54) is 22.5 Å². The van der Waals surface area contributed by atoms with Crippen LogP contribution in [-0.4, -0.2) is 16.1 Å². The van der Waals surface area contributed by atoms with Crippen LogP contribution in [0.2, 0.25) is 0 Å². The third-order valence-electron chi connectivity index (χ3n) is 4.50. The molecule has 0 aliphatic heterocycles. The van der Waals surface area contributed by atoms with Gasteiger partial charge in [0.05, 0.1) is 20.6 Å². The van der Waals surface area contributed by atoms with Crippen molar-refractivity contribution >= 4 is 27.5 Å². The summed E-state index contributed by atoms with van der Waals surface area (Å²) in [6, 6.07) is 6.05.